The van der Waals surface area contributed by atoms with Crippen molar-refractivity contribution in [1.29, 1.82) is 0 Å². The molecule has 2 aromatic rings. The van der Waals surface area contributed by atoms with Crippen LogP contribution in [0.15, 0.2) is 48.5 Å². The van der Waals surface area contributed by atoms with E-state index in [4.69, 9.17) is 20.8 Å². The number of aliphatic hydroxyl groups excluding tert-OH is 1. The molecule has 380 valence electrons. The molecule has 10 atom stereocenters. The number of hydrogen-bond acceptors (Lipinski definition) is 11. The number of nitrogens with one attached hydrogen (secondary N) is 2. The monoisotopic (exact) mass is 955 g/mol. The van der Waals surface area contributed by atoms with Crippen LogP contribution in [-0.4, -0.2) is 90.2 Å². The second-order valence-electron chi connectivity index (χ2n) is 21.5. The van der Waals surface area contributed by atoms with E-state index in [9.17, 15) is 33.9 Å². The molecule has 14 heteroatoms. The van der Waals surface area contributed by atoms with E-state index in [0.717, 1.165) is 43.2 Å². The molecule has 3 aliphatic carbocycles. The smallest absolute Gasteiger partial charge is 0.405 e. The summed E-state index contributed by atoms with van der Waals surface area (Å²) < 4.78 is 13.1. The van der Waals surface area contributed by atoms with Crippen molar-refractivity contribution in [3.8, 4) is 11.1 Å². The van der Waals surface area contributed by atoms with E-state index >= 15 is 0 Å². The van der Waals surface area contributed by atoms with Crippen molar-refractivity contribution in [3.05, 3.63) is 59.7 Å². The SMILES string of the molecule is CCCCc1ccc(-c2ccc(C(=O)CCCC(=O)C[C@@H](CCCCN)C(=O)N[C@H](C(=O)C[C@@H](C)C(=O)N[C@@H](CCCCN)C(=O)C[C@@H](C)B3OC4C[C@@H]5C[C@@H](C5(C)C)[C@]4(C)O3)[C@@H](C)O)cc2)cc1. The van der Waals surface area contributed by atoms with Crippen LogP contribution >= 0.6 is 0 Å². The van der Waals surface area contributed by atoms with Crippen molar-refractivity contribution in [3.63, 3.8) is 0 Å². The molecular weight excluding hydrogens is 871 g/mol. The molecule has 7 N–H and O–H groups in total. The maximum absolute atomic E-state index is 13.9. The van der Waals surface area contributed by atoms with Crippen LogP contribution in [0.3, 0.4) is 0 Å². The normalized spacial score (nSPS) is 22.8. The van der Waals surface area contributed by atoms with Gasteiger partial charge in [0.15, 0.2) is 17.3 Å². The van der Waals surface area contributed by atoms with Gasteiger partial charge in [-0.3, -0.25) is 28.8 Å². The molecule has 1 aliphatic heterocycles. The van der Waals surface area contributed by atoms with Crippen LogP contribution in [-0.2, 0) is 39.7 Å². The molecule has 6 rings (SSSR count). The molecule has 1 unspecified atom stereocenters. The van der Waals surface area contributed by atoms with Crippen molar-refractivity contribution < 1.29 is 43.2 Å². The minimum Gasteiger partial charge on any atom is -0.405 e. The molecule has 1 saturated heterocycles. The Kier molecular flexibility index (Phi) is 20.9. The third-order valence-electron chi connectivity index (χ3n) is 15.7. The summed E-state index contributed by atoms with van der Waals surface area (Å²) in [6.45, 7) is 14.7. The number of aliphatic hydroxyl groups is 1. The fourth-order valence-electron chi connectivity index (χ4n) is 11.0. The third-order valence-corrected chi connectivity index (χ3v) is 15.7. The van der Waals surface area contributed by atoms with Crippen molar-refractivity contribution in [2.24, 2.45) is 40.6 Å². The molecule has 3 saturated carbocycles. The Morgan fingerprint density at radius 1 is 0.754 bits per heavy atom. The topological polar surface area (TPSA) is 217 Å². The molecule has 1 heterocycles. The van der Waals surface area contributed by atoms with Crippen molar-refractivity contribution >= 4 is 42.1 Å². The van der Waals surface area contributed by atoms with E-state index < -0.39 is 60.3 Å². The van der Waals surface area contributed by atoms with Gasteiger partial charge in [0.1, 0.15) is 11.8 Å². The first-order chi connectivity index (χ1) is 32.8. The molecule has 2 amide bonds. The van der Waals surface area contributed by atoms with Gasteiger partial charge in [-0.1, -0.05) is 96.0 Å². The quantitative estimate of drug-likeness (QED) is 0.0278. The Balaban J connectivity index is 1.11. The highest BCUT2D eigenvalue weighted by Crippen LogP contribution is 2.66. The first-order valence-electron chi connectivity index (χ1n) is 26.1. The fourth-order valence-corrected chi connectivity index (χ4v) is 11.0. The Hall–Kier alpha value is -4.08. The number of amides is 2. The van der Waals surface area contributed by atoms with Gasteiger partial charge in [0.05, 0.1) is 23.9 Å². The van der Waals surface area contributed by atoms with E-state index in [1.54, 1.807) is 6.92 Å². The van der Waals surface area contributed by atoms with E-state index in [-0.39, 0.29) is 66.8 Å². The Morgan fingerprint density at radius 3 is 2.00 bits per heavy atom. The first-order valence-corrected chi connectivity index (χ1v) is 26.1. The number of carbonyl (C=O) groups is 6. The summed E-state index contributed by atoms with van der Waals surface area (Å²) >= 11 is 0. The van der Waals surface area contributed by atoms with Crippen LogP contribution in [0.25, 0.3) is 11.1 Å². The number of benzene rings is 2. The number of carbonyl (C=O) groups excluding carboxylic acids is 6. The number of aryl methyl sites for hydroxylation is 1. The molecule has 0 spiro atoms. The largest absolute Gasteiger partial charge is 0.461 e. The second-order valence-corrected chi connectivity index (χ2v) is 21.5. The number of hydrogen-bond donors (Lipinski definition) is 5. The highest BCUT2D eigenvalue weighted by molar-refractivity contribution is 6.47. The van der Waals surface area contributed by atoms with Crippen LogP contribution < -0.4 is 22.1 Å². The van der Waals surface area contributed by atoms with Gasteiger partial charge in [-0.15, -0.1) is 0 Å². The average molecular weight is 955 g/mol. The first kappa shape index (κ1) is 55.8. The molecule has 4 aliphatic rings. The zero-order valence-corrected chi connectivity index (χ0v) is 42.7. The van der Waals surface area contributed by atoms with Crippen LogP contribution in [0.2, 0.25) is 5.82 Å². The Morgan fingerprint density at radius 2 is 1.39 bits per heavy atom. The van der Waals surface area contributed by atoms with Gasteiger partial charge in [-0.05, 0) is 131 Å². The standard InChI is InChI=1S/C55H83BN4O9/c1-8-9-15-38-20-22-39(23-21-38)40-24-26-41(27-25-40)46(63)19-14-17-44(62)32-42(16-10-12-28-57)53(67)60-51(37(4)61)48(65)30-35(2)52(66)59-45(18-11-13-29-58)47(64)31-36(3)56-68-50-34-43-33-49(54(43,5)6)55(50,7)69-56/h20-27,35-37,42-43,45,49-51,61H,8-19,28-34,57-58H2,1-7H3,(H,59,66)(H,60,67)/t35-,36-,37-,42-,43+,45+,49+,50?,51+,55+/m1/s1. The molecule has 4 fully saturated rings. The fraction of sp³-hybridized carbons (Fsp3) is 0.673. The van der Waals surface area contributed by atoms with Gasteiger partial charge in [-0.25, -0.2) is 0 Å². The number of nitrogens with two attached hydrogens (primary N) is 2. The number of rotatable bonds is 31. The van der Waals surface area contributed by atoms with Crippen molar-refractivity contribution in [1.82, 2.24) is 10.6 Å². The summed E-state index contributed by atoms with van der Waals surface area (Å²) in [7, 11) is -0.531. The van der Waals surface area contributed by atoms with Gasteiger partial charge in [0.25, 0.3) is 0 Å². The second kappa shape index (κ2) is 25.9. The third kappa shape index (κ3) is 14.7. The molecule has 2 bridgehead atoms. The van der Waals surface area contributed by atoms with Gasteiger partial charge in [0, 0.05) is 49.5 Å². The zero-order valence-electron chi connectivity index (χ0n) is 42.7. The molecule has 2 aromatic carbocycles. The highest BCUT2D eigenvalue weighted by Gasteiger charge is 2.68. The predicted octanol–water partition coefficient (Wildman–Crippen LogP) is 7.91. The maximum atomic E-state index is 13.9. The summed E-state index contributed by atoms with van der Waals surface area (Å²) in [6, 6.07) is 13.9. The zero-order chi connectivity index (χ0) is 50.5. The molecule has 0 aromatic heterocycles. The van der Waals surface area contributed by atoms with Gasteiger partial charge in [-0.2, -0.15) is 0 Å². The minimum absolute atomic E-state index is 0.0107. The highest BCUT2D eigenvalue weighted by atomic mass is 16.7. The lowest BCUT2D eigenvalue weighted by atomic mass is 9.43. The van der Waals surface area contributed by atoms with Crippen LogP contribution in [0.1, 0.15) is 167 Å². The molecular formula is C55H83BN4O9. The van der Waals surface area contributed by atoms with Crippen LogP contribution in [0, 0.1) is 29.1 Å². The van der Waals surface area contributed by atoms with Crippen LogP contribution in [0.5, 0.6) is 0 Å². The van der Waals surface area contributed by atoms with E-state index in [0.29, 0.717) is 75.4 Å². The Labute approximate surface area is 412 Å². The molecule has 13 nitrogen and oxygen atoms in total. The predicted molar refractivity (Wildman–Crippen MR) is 271 cm³/mol. The van der Waals surface area contributed by atoms with E-state index in [1.165, 1.54) is 12.5 Å². The Bertz CT molecular complexity index is 2040. The summed E-state index contributed by atoms with van der Waals surface area (Å²) in [5.74, 6) is -2.91. The van der Waals surface area contributed by atoms with Crippen molar-refractivity contribution in [2.45, 2.75) is 193 Å². The lowest BCUT2D eigenvalue weighted by Gasteiger charge is -2.64. The molecule has 0 radical (unpaired) electrons. The average Bonchev–Trinajstić information content (AvgIpc) is 3.69. The molecule has 69 heavy (non-hydrogen) atoms. The van der Waals surface area contributed by atoms with Gasteiger partial charge in [0.2, 0.25) is 11.8 Å². The summed E-state index contributed by atoms with van der Waals surface area (Å²) in [5, 5.41) is 16.3. The van der Waals surface area contributed by atoms with Crippen molar-refractivity contribution in [2.75, 3.05) is 13.1 Å². The lowest BCUT2D eigenvalue weighted by Crippen LogP contribution is -2.65. The minimum atomic E-state index is -1.33. The lowest BCUT2D eigenvalue weighted by molar-refractivity contribution is -0.199. The number of unbranched alkanes of at least 4 members (excludes halogenated alkanes) is 3. The van der Waals surface area contributed by atoms with Gasteiger partial charge < -0.3 is 36.5 Å². The summed E-state index contributed by atoms with van der Waals surface area (Å²) in [4.78, 5) is 81.5. The summed E-state index contributed by atoms with van der Waals surface area (Å²) in [6.07, 6.45) is 7.72. The maximum Gasteiger partial charge on any atom is 0.461 e. The number of Topliss-reactive ketones (excluding diaryl/α,β-unsaturated/α-hetero) is 4. The van der Waals surface area contributed by atoms with Crippen LogP contribution in [0.4, 0.5) is 0 Å². The number of ketones is 4. The van der Waals surface area contributed by atoms with E-state index in [1.807, 2.05) is 31.2 Å². The summed E-state index contributed by atoms with van der Waals surface area (Å²) in [5.41, 5.74) is 15.3. The van der Waals surface area contributed by atoms with Gasteiger partial charge >= 0.3 is 7.12 Å². The van der Waals surface area contributed by atoms with E-state index in [2.05, 4.69) is 62.6 Å².